The number of imide groups is 1. The fourth-order valence-corrected chi connectivity index (χ4v) is 4.17. The minimum absolute atomic E-state index is 0.197. The summed E-state index contributed by atoms with van der Waals surface area (Å²) in [6.07, 6.45) is 0. The van der Waals surface area contributed by atoms with Crippen molar-refractivity contribution in [2.24, 2.45) is 0 Å². The van der Waals surface area contributed by atoms with Gasteiger partial charge < -0.3 is 4.74 Å². The number of pyridine rings is 1. The van der Waals surface area contributed by atoms with Crippen LogP contribution in [0.3, 0.4) is 0 Å². The summed E-state index contributed by atoms with van der Waals surface area (Å²) in [4.78, 5) is 42.7. The number of nitrogens with one attached hydrogen (secondary N) is 1. The lowest BCUT2D eigenvalue weighted by molar-refractivity contribution is 0.0517. The number of rotatable bonds is 3. The number of benzene rings is 1. The maximum absolute atomic E-state index is 13.0. The van der Waals surface area contributed by atoms with Crippen LogP contribution in [-0.2, 0) is 0 Å². The molecule has 27 heavy (non-hydrogen) atoms. The van der Waals surface area contributed by atoms with Crippen molar-refractivity contribution in [3.63, 3.8) is 0 Å². The molecule has 0 saturated heterocycles. The van der Waals surface area contributed by atoms with E-state index in [2.05, 4.69) is 26.3 Å². The molecule has 3 heterocycles. The van der Waals surface area contributed by atoms with E-state index < -0.39 is 17.7 Å². The number of carbonyl (C=O) groups excluding carboxylic acids is 3. The van der Waals surface area contributed by atoms with Crippen molar-refractivity contribution in [1.82, 2.24) is 15.4 Å². The number of aromatic nitrogens is 1. The largest absolute Gasteiger partial charge is 0.495 e. The van der Waals surface area contributed by atoms with E-state index in [1.54, 1.807) is 29.8 Å². The summed E-state index contributed by atoms with van der Waals surface area (Å²) in [5.41, 5.74) is 4.11. The van der Waals surface area contributed by atoms with Gasteiger partial charge in [0.15, 0.2) is 0 Å². The van der Waals surface area contributed by atoms with E-state index >= 15 is 0 Å². The van der Waals surface area contributed by atoms with Gasteiger partial charge in [0.2, 0.25) is 0 Å². The van der Waals surface area contributed by atoms with E-state index in [9.17, 15) is 14.4 Å². The van der Waals surface area contributed by atoms with Crippen molar-refractivity contribution >= 4 is 55.9 Å². The molecule has 3 aromatic rings. The predicted molar refractivity (Wildman–Crippen MR) is 103 cm³/mol. The Labute approximate surface area is 166 Å². The molecule has 0 fully saturated rings. The van der Waals surface area contributed by atoms with Gasteiger partial charge in [0, 0.05) is 20.6 Å². The molecule has 4 rings (SSSR count). The molecule has 1 aromatic carbocycles. The molecule has 0 unspecified atom stereocenters. The average Bonchev–Trinajstić information content (AvgIpc) is 3.21. The maximum Gasteiger partial charge on any atom is 0.282 e. The van der Waals surface area contributed by atoms with Crippen molar-refractivity contribution in [3.05, 3.63) is 55.8 Å². The molecule has 2 aromatic heterocycles. The van der Waals surface area contributed by atoms with Crippen molar-refractivity contribution in [2.75, 3.05) is 7.11 Å². The Balaban J connectivity index is 1.77. The zero-order valence-corrected chi connectivity index (χ0v) is 16.6. The van der Waals surface area contributed by atoms with Crippen LogP contribution in [0.2, 0.25) is 0 Å². The van der Waals surface area contributed by atoms with Crippen molar-refractivity contribution < 1.29 is 19.1 Å². The summed E-state index contributed by atoms with van der Waals surface area (Å²) in [7, 11) is 1.44. The number of aryl methyl sites for hydroxylation is 1. The minimum atomic E-state index is -0.607. The molecule has 0 spiro atoms. The molecule has 0 atom stereocenters. The van der Waals surface area contributed by atoms with Gasteiger partial charge in [0.1, 0.15) is 5.75 Å². The van der Waals surface area contributed by atoms with Crippen molar-refractivity contribution in [2.45, 2.75) is 6.92 Å². The van der Waals surface area contributed by atoms with Gasteiger partial charge in [-0.05, 0) is 25.1 Å². The van der Waals surface area contributed by atoms with Gasteiger partial charge in [-0.3, -0.25) is 24.8 Å². The van der Waals surface area contributed by atoms with Gasteiger partial charge in [-0.2, -0.15) is 5.01 Å². The molecule has 0 saturated carbocycles. The highest BCUT2D eigenvalue weighted by molar-refractivity contribution is 9.10. The zero-order chi connectivity index (χ0) is 19.3. The van der Waals surface area contributed by atoms with E-state index in [-0.39, 0.29) is 16.7 Å². The Morgan fingerprint density at radius 3 is 2.70 bits per heavy atom. The molecule has 0 aliphatic carbocycles. The number of fused-ring (bicyclic) bond motifs is 3. The number of nitrogens with zero attached hydrogens (tertiary/aromatic N) is 2. The monoisotopic (exact) mass is 445 g/mol. The normalized spacial score (nSPS) is 13.2. The molecule has 1 N–H and O–H groups in total. The van der Waals surface area contributed by atoms with Crippen LogP contribution in [0.15, 0.2) is 33.4 Å². The lowest BCUT2D eigenvalue weighted by Crippen LogP contribution is -2.45. The Bertz CT molecular complexity index is 1140. The number of halogens is 1. The molecular weight excluding hydrogens is 434 g/mol. The van der Waals surface area contributed by atoms with Crippen LogP contribution in [0.4, 0.5) is 0 Å². The van der Waals surface area contributed by atoms with E-state index in [1.165, 1.54) is 18.4 Å². The van der Waals surface area contributed by atoms with Gasteiger partial charge in [0.25, 0.3) is 17.7 Å². The third-order valence-corrected chi connectivity index (χ3v) is 5.48. The maximum atomic E-state index is 13.0. The molecule has 1 aliphatic heterocycles. The number of ether oxygens (including phenoxy) is 1. The smallest absolute Gasteiger partial charge is 0.282 e. The topological polar surface area (TPSA) is 88.6 Å². The Kier molecular flexibility index (Phi) is 4.20. The fraction of sp³-hybridized carbons (Fsp3) is 0.111. The van der Waals surface area contributed by atoms with Crippen molar-refractivity contribution in [3.8, 4) is 5.75 Å². The second-order valence-electron chi connectivity index (χ2n) is 5.85. The molecule has 7 nitrogen and oxygen atoms in total. The van der Waals surface area contributed by atoms with Crippen molar-refractivity contribution in [1.29, 1.82) is 0 Å². The van der Waals surface area contributed by atoms with Gasteiger partial charge in [-0.25, -0.2) is 0 Å². The highest BCUT2D eigenvalue weighted by atomic mass is 79.9. The standard InChI is InChI=1S/C18H12BrN3O4S/c1-8-14-15(10-5-9(19)3-4-12(10)20-8)18(25)22(17(14)24)21-16(23)11-6-27-7-13(11)26-2/h3-7H,1-2H3,(H,21,23). The third-order valence-electron chi connectivity index (χ3n) is 4.27. The quantitative estimate of drug-likeness (QED) is 0.624. The van der Waals surface area contributed by atoms with E-state index in [0.717, 1.165) is 9.48 Å². The van der Waals surface area contributed by atoms with Gasteiger partial charge >= 0.3 is 0 Å². The number of hydrazine groups is 1. The minimum Gasteiger partial charge on any atom is -0.495 e. The van der Waals surface area contributed by atoms with Crippen LogP contribution in [0.5, 0.6) is 5.75 Å². The first-order chi connectivity index (χ1) is 12.9. The number of hydrogen-bond donors (Lipinski definition) is 1. The van der Waals surface area contributed by atoms with E-state index in [4.69, 9.17) is 4.74 Å². The van der Waals surface area contributed by atoms with Gasteiger partial charge in [-0.15, -0.1) is 11.3 Å². The molecule has 0 bridgehead atoms. The first-order valence-electron chi connectivity index (χ1n) is 7.82. The first kappa shape index (κ1) is 17.6. The number of thiophene rings is 1. The van der Waals surface area contributed by atoms with Crippen LogP contribution >= 0.6 is 27.3 Å². The Hall–Kier alpha value is -2.78. The molecule has 136 valence electrons. The highest BCUT2D eigenvalue weighted by Gasteiger charge is 2.40. The molecule has 3 amide bonds. The third kappa shape index (κ3) is 2.70. The summed E-state index contributed by atoms with van der Waals surface area (Å²) in [6, 6.07) is 5.31. The number of hydrogen-bond acceptors (Lipinski definition) is 6. The van der Waals surface area contributed by atoms with Crippen LogP contribution < -0.4 is 10.2 Å². The summed E-state index contributed by atoms with van der Waals surface area (Å²) < 4.78 is 5.88. The van der Waals surface area contributed by atoms with E-state index in [0.29, 0.717) is 22.3 Å². The van der Waals surface area contributed by atoms with Crippen LogP contribution in [0, 0.1) is 6.92 Å². The van der Waals surface area contributed by atoms with E-state index in [1.807, 2.05) is 6.07 Å². The van der Waals surface area contributed by atoms with Crippen LogP contribution in [0.1, 0.15) is 36.8 Å². The average molecular weight is 446 g/mol. The van der Waals surface area contributed by atoms with Gasteiger partial charge in [-0.1, -0.05) is 15.9 Å². The Morgan fingerprint density at radius 1 is 1.22 bits per heavy atom. The molecule has 1 aliphatic rings. The second kappa shape index (κ2) is 6.43. The predicted octanol–water partition coefficient (Wildman–Crippen LogP) is 3.32. The zero-order valence-electron chi connectivity index (χ0n) is 14.2. The van der Waals surface area contributed by atoms with Crippen LogP contribution in [-0.4, -0.2) is 34.8 Å². The first-order valence-corrected chi connectivity index (χ1v) is 9.55. The summed E-state index contributed by atoms with van der Waals surface area (Å²) in [5.74, 6) is -1.42. The second-order valence-corrected chi connectivity index (χ2v) is 7.51. The number of methoxy groups -OCH3 is 1. The summed E-state index contributed by atoms with van der Waals surface area (Å²) in [5, 5.41) is 4.54. The Morgan fingerprint density at radius 2 is 1.96 bits per heavy atom. The number of carbonyl (C=O) groups is 3. The molecule has 0 radical (unpaired) electrons. The lowest BCUT2D eigenvalue weighted by atomic mass is 10.0. The van der Waals surface area contributed by atoms with Gasteiger partial charge in [0.05, 0.1) is 35.0 Å². The fourth-order valence-electron chi connectivity index (χ4n) is 3.03. The highest BCUT2D eigenvalue weighted by Crippen LogP contribution is 2.32. The molecular formula is C18H12BrN3O4S. The lowest BCUT2D eigenvalue weighted by Gasteiger charge is -2.15. The number of amides is 3. The summed E-state index contributed by atoms with van der Waals surface area (Å²) >= 11 is 4.65. The summed E-state index contributed by atoms with van der Waals surface area (Å²) in [6.45, 7) is 1.67. The SMILES string of the molecule is COc1cscc1C(=O)NN1C(=O)c2c(C)nc3ccc(Br)cc3c2C1=O. The van der Waals surface area contributed by atoms with Crippen LogP contribution in [0.25, 0.3) is 10.9 Å². The molecule has 9 heteroatoms.